The summed E-state index contributed by atoms with van der Waals surface area (Å²) in [5, 5.41) is 9.02. The van der Waals surface area contributed by atoms with Crippen LogP contribution in [0.1, 0.15) is 40.2 Å². The second-order valence-electron chi connectivity index (χ2n) is 6.73. The molecule has 1 N–H and O–H groups in total. The molecule has 1 amide bonds. The molecule has 2 aromatic rings. The molecule has 7 nitrogen and oxygen atoms in total. The molecule has 142 valence electrons. The predicted molar refractivity (Wildman–Crippen MR) is 102 cm³/mol. The molecule has 1 aromatic carbocycles. The molecule has 0 bridgehead atoms. The van der Waals surface area contributed by atoms with Crippen molar-refractivity contribution in [3.63, 3.8) is 0 Å². The van der Waals surface area contributed by atoms with Crippen LogP contribution < -0.4 is 4.72 Å². The third kappa shape index (κ3) is 3.43. The van der Waals surface area contributed by atoms with Crippen LogP contribution in [0.15, 0.2) is 29.2 Å². The minimum atomic E-state index is -4.00. The van der Waals surface area contributed by atoms with Crippen LogP contribution in [-0.2, 0) is 17.1 Å². The summed E-state index contributed by atoms with van der Waals surface area (Å²) in [6.07, 6.45) is 1.86. The molecule has 1 aromatic heterocycles. The topological polar surface area (TPSA) is 95.2 Å². The highest BCUT2D eigenvalue weighted by molar-refractivity contribution is 7.92. The first-order valence-electron chi connectivity index (χ1n) is 8.74. The van der Waals surface area contributed by atoms with Gasteiger partial charge in [-0.05, 0) is 44.9 Å². The van der Waals surface area contributed by atoms with E-state index in [1.54, 1.807) is 48.6 Å². The van der Waals surface area contributed by atoms with Crippen molar-refractivity contribution in [3.8, 4) is 6.07 Å². The van der Waals surface area contributed by atoms with Gasteiger partial charge in [0, 0.05) is 31.5 Å². The summed E-state index contributed by atoms with van der Waals surface area (Å²) < 4.78 is 30.5. The number of sulfonamides is 1. The van der Waals surface area contributed by atoms with Crippen molar-refractivity contribution < 1.29 is 13.2 Å². The molecular formula is C19H22N4O3S. The van der Waals surface area contributed by atoms with Crippen molar-refractivity contribution in [2.24, 2.45) is 7.05 Å². The maximum atomic E-state index is 13.1. The van der Waals surface area contributed by atoms with Gasteiger partial charge in [0.15, 0.2) is 0 Å². The van der Waals surface area contributed by atoms with E-state index in [2.05, 4.69) is 4.72 Å². The van der Waals surface area contributed by atoms with Gasteiger partial charge < -0.3 is 9.47 Å². The van der Waals surface area contributed by atoms with Crippen LogP contribution in [0.5, 0.6) is 0 Å². The van der Waals surface area contributed by atoms with Crippen molar-refractivity contribution in [3.05, 3.63) is 46.8 Å². The van der Waals surface area contributed by atoms with Crippen LogP contribution >= 0.6 is 0 Å². The molecule has 0 unspecified atom stereocenters. The van der Waals surface area contributed by atoms with Gasteiger partial charge in [0.25, 0.3) is 15.9 Å². The highest BCUT2D eigenvalue weighted by atomic mass is 32.2. The summed E-state index contributed by atoms with van der Waals surface area (Å²) in [6.45, 7) is 4.73. The van der Waals surface area contributed by atoms with E-state index in [1.807, 2.05) is 6.07 Å². The fourth-order valence-electron chi connectivity index (χ4n) is 3.43. The lowest BCUT2D eigenvalue weighted by atomic mass is 10.2. The van der Waals surface area contributed by atoms with Crippen LogP contribution in [0.3, 0.4) is 0 Å². The lowest BCUT2D eigenvalue weighted by Gasteiger charge is -2.17. The van der Waals surface area contributed by atoms with E-state index in [9.17, 15) is 13.2 Å². The molecule has 1 saturated heterocycles. The maximum absolute atomic E-state index is 13.1. The summed E-state index contributed by atoms with van der Waals surface area (Å²) in [7, 11) is -2.25. The summed E-state index contributed by atoms with van der Waals surface area (Å²) in [5.41, 5.74) is 1.98. The maximum Gasteiger partial charge on any atom is 0.264 e. The molecule has 3 rings (SSSR count). The van der Waals surface area contributed by atoms with Crippen LogP contribution in [-0.4, -0.2) is 36.9 Å². The van der Waals surface area contributed by atoms with Crippen molar-refractivity contribution >= 4 is 21.6 Å². The van der Waals surface area contributed by atoms with Gasteiger partial charge in [0.1, 0.15) is 4.90 Å². The average molecular weight is 386 g/mol. The standard InChI is InChI=1S/C19H22N4O3S/c1-13-17(19(24)23-9-4-5-10-23)18(14(2)22(13)3)27(25,26)21-16-8-6-7-15(11-16)12-20/h6-8,11,21H,4-5,9-10H2,1-3H3. The van der Waals surface area contributed by atoms with Crippen LogP contribution in [0.25, 0.3) is 0 Å². The number of anilines is 1. The summed E-state index contributed by atoms with van der Waals surface area (Å²) in [6, 6.07) is 8.22. The Hall–Kier alpha value is -2.79. The molecule has 0 radical (unpaired) electrons. The fraction of sp³-hybridized carbons (Fsp3) is 0.368. The first-order chi connectivity index (χ1) is 12.8. The van der Waals surface area contributed by atoms with Gasteiger partial charge in [-0.15, -0.1) is 0 Å². The van der Waals surface area contributed by atoms with E-state index in [4.69, 9.17) is 5.26 Å². The van der Waals surface area contributed by atoms with E-state index >= 15 is 0 Å². The van der Waals surface area contributed by atoms with Crippen LogP contribution in [0, 0.1) is 25.2 Å². The van der Waals surface area contributed by atoms with Gasteiger partial charge in [-0.2, -0.15) is 5.26 Å². The summed E-state index contributed by atoms with van der Waals surface area (Å²) in [5.74, 6) is -0.250. The Balaban J connectivity index is 2.08. The van der Waals surface area contributed by atoms with Crippen molar-refractivity contribution in [2.75, 3.05) is 17.8 Å². The normalized spacial score (nSPS) is 14.2. The number of hydrogen-bond acceptors (Lipinski definition) is 4. The Morgan fingerprint density at radius 1 is 1.19 bits per heavy atom. The van der Waals surface area contributed by atoms with Gasteiger partial charge in [-0.25, -0.2) is 8.42 Å². The summed E-state index contributed by atoms with van der Waals surface area (Å²) in [4.78, 5) is 14.7. The van der Waals surface area contributed by atoms with Gasteiger partial charge in [0.05, 0.1) is 22.9 Å². The number of aromatic nitrogens is 1. The molecule has 0 spiro atoms. The number of nitrogens with zero attached hydrogens (tertiary/aromatic N) is 3. The van der Waals surface area contributed by atoms with Gasteiger partial charge in [-0.1, -0.05) is 6.07 Å². The van der Waals surface area contributed by atoms with Crippen LogP contribution in [0.2, 0.25) is 0 Å². The molecular weight excluding hydrogens is 364 g/mol. The monoisotopic (exact) mass is 386 g/mol. The van der Waals surface area contributed by atoms with Gasteiger partial charge in [-0.3, -0.25) is 9.52 Å². The highest BCUT2D eigenvalue weighted by Gasteiger charge is 2.33. The highest BCUT2D eigenvalue weighted by Crippen LogP contribution is 2.30. The van der Waals surface area contributed by atoms with Gasteiger partial charge in [0.2, 0.25) is 0 Å². The molecule has 1 aliphatic rings. The molecule has 0 atom stereocenters. The van der Waals surface area contributed by atoms with E-state index in [0.29, 0.717) is 30.0 Å². The van der Waals surface area contributed by atoms with E-state index < -0.39 is 10.0 Å². The number of benzene rings is 1. The molecule has 1 fully saturated rings. The molecule has 27 heavy (non-hydrogen) atoms. The Morgan fingerprint density at radius 2 is 1.85 bits per heavy atom. The molecule has 0 aliphatic carbocycles. The minimum Gasteiger partial charge on any atom is -0.350 e. The number of hydrogen-bond donors (Lipinski definition) is 1. The number of nitriles is 1. The number of nitrogens with one attached hydrogen (secondary N) is 1. The number of likely N-dealkylation sites (tertiary alicyclic amines) is 1. The van der Waals surface area contributed by atoms with Crippen molar-refractivity contribution in [1.29, 1.82) is 5.26 Å². The van der Waals surface area contributed by atoms with Crippen molar-refractivity contribution in [1.82, 2.24) is 9.47 Å². The summed E-state index contributed by atoms with van der Waals surface area (Å²) >= 11 is 0. The fourth-order valence-corrected chi connectivity index (χ4v) is 5.00. The lowest BCUT2D eigenvalue weighted by molar-refractivity contribution is 0.0788. The first kappa shape index (κ1) is 19.0. The van der Waals surface area contributed by atoms with E-state index in [0.717, 1.165) is 12.8 Å². The first-order valence-corrected chi connectivity index (χ1v) is 10.2. The second-order valence-corrected chi connectivity index (χ2v) is 8.35. The quantitative estimate of drug-likeness (QED) is 0.873. The molecule has 2 heterocycles. The second kappa shape index (κ2) is 7.08. The average Bonchev–Trinajstić information content (AvgIpc) is 3.24. The zero-order chi connectivity index (χ0) is 19.8. The predicted octanol–water partition coefficient (Wildman–Crippen LogP) is 2.55. The van der Waals surface area contributed by atoms with Crippen LogP contribution in [0.4, 0.5) is 5.69 Å². The molecule has 1 aliphatic heterocycles. The third-order valence-corrected chi connectivity index (χ3v) is 6.58. The van der Waals surface area contributed by atoms with E-state index in [-0.39, 0.29) is 22.1 Å². The van der Waals surface area contributed by atoms with Gasteiger partial charge >= 0.3 is 0 Å². The third-order valence-electron chi connectivity index (χ3n) is 5.04. The number of rotatable bonds is 4. The largest absolute Gasteiger partial charge is 0.350 e. The molecule has 0 saturated carbocycles. The Morgan fingerprint density at radius 3 is 2.48 bits per heavy atom. The Kier molecular flexibility index (Phi) is 4.98. The lowest BCUT2D eigenvalue weighted by Crippen LogP contribution is -2.30. The SMILES string of the molecule is Cc1c(C(=O)N2CCCC2)c(S(=O)(=O)Nc2cccc(C#N)c2)c(C)n1C. The molecule has 8 heteroatoms. The Bertz CT molecular complexity index is 1040. The number of amides is 1. The number of carbonyl (C=O) groups is 1. The van der Waals surface area contributed by atoms with Crippen molar-refractivity contribution in [2.45, 2.75) is 31.6 Å². The minimum absolute atomic E-state index is 0.00163. The smallest absolute Gasteiger partial charge is 0.264 e. The Labute approximate surface area is 159 Å². The zero-order valence-corrected chi connectivity index (χ0v) is 16.4. The van der Waals surface area contributed by atoms with E-state index in [1.165, 1.54) is 6.07 Å². The zero-order valence-electron chi connectivity index (χ0n) is 15.6. The number of carbonyl (C=O) groups excluding carboxylic acids is 1.